The quantitative estimate of drug-likeness (QED) is 0.901. The topological polar surface area (TPSA) is 69.8 Å². The van der Waals surface area contributed by atoms with Crippen LogP contribution < -0.4 is 19.9 Å². The number of nitrogens with two attached hydrogens (primary N) is 1. The third-order valence-electron chi connectivity index (χ3n) is 4.91. The first-order valence-electron chi connectivity index (χ1n) is 8.60. The summed E-state index contributed by atoms with van der Waals surface area (Å²) in [5.41, 5.74) is 8.05. The smallest absolute Gasteiger partial charge is 0.231 e. The predicted molar refractivity (Wildman–Crippen MR) is 94.9 cm³/mol. The van der Waals surface area contributed by atoms with Crippen molar-refractivity contribution in [2.24, 2.45) is 5.92 Å². The molecule has 2 aliphatic rings. The van der Waals surface area contributed by atoms with Crippen LogP contribution in [0.2, 0.25) is 0 Å². The Hall–Kier alpha value is -2.47. The minimum Gasteiger partial charge on any atom is -0.496 e. The van der Waals surface area contributed by atoms with Crippen LogP contribution in [-0.2, 0) is 13.0 Å². The van der Waals surface area contributed by atoms with Gasteiger partial charge in [0.05, 0.1) is 7.11 Å². The molecule has 0 aliphatic carbocycles. The molecule has 0 bridgehead atoms. The second-order valence-corrected chi connectivity index (χ2v) is 6.70. The first-order chi connectivity index (χ1) is 12.2. The van der Waals surface area contributed by atoms with Crippen molar-refractivity contribution in [2.45, 2.75) is 19.4 Å². The second-order valence-electron chi connectivity index (χ2n) is 6.70. The number of benzene rings is 1. The van der Waals surface area contributed by atoms with Crippen LogP contribution in [0, 0.1) is 5.92 Å². The average Bonchev–Trinajstić information content (AvgIpc) is 3.25. The van der Waals surface area contributed by atoms with Crippen LogP contribution in [-0.4, -0.2) is 36.9 Å². The van der Waals surface area contributed by atoms with Crippen LogP contribution in [0.25, 0.3) is 0 Å². The van der Waals surface area contributed by atoms with Crippen molar-refractivity contribution in [1.82, 2.24) is 9.88 Å². The Bertz CT molecular complexity index is 748. The summed E-state index contributed by atoms with van der Waals surface area (Å²) in [6.45, 7) is 3.30. The van der Waals surface area contributed by atoms with E-state index in [2.05, 4.69) is 16.0 Å². The number of rotatable bonds is 5. The summed E-state index contributed by atoms with van der Waals surface area (Å²) in [5, 5.41) is 0. The largest absolute Gasteiger partial charge is 0.496 e. The molecule has 3 heterocycles. The van der Waals surface area contributed by atoms with E-state index in [4.69, 9.17) is 19.9 Å². The highest BCUT2D eigenvalue weighted by atomic mass is 16.7. The average molecular weight is 341 g/mol. The van der Waals surface area contributed by atoms with Gasteiger partial charge in [0.2, 0.25) is 6.79 Å². The maximum atomic E-state index is 5.66. The molecule has 1 aromatic carbocycles. The van der Waals surface area contributed by atoms with Crippen molar-refractivity contribution in [3.8, 4) is 17.2 Å². The highest BCUT2D eigenvalue weighted by Gasteiger charge is 2.25. The van der Waals surface area contributed by atoms with E-state index in [-0.39, 0.29) is 6.79 Å². The molecule has 25 heavy (non-hydrogen) atoms. The molecule has 1 fully saturated rings. The number of aromatic nitrogens is 1. The van der Waals surface area contributed by atoms with Crippen molar-refractivity contribution < 1.29 is 14.2 Å². The Balaban J connectivity index is 1.40. The maximum Gasteiger partial charge on any atom is 0.231 e. The first-order valence-corrected chi connectivity index (χ1v) is 8.60. The Morgan fingerprint density at radius 1 is 1.28 bits per heavy atom. The number of nitrogens with zero attached hydrogens (tertiary/aromatic N) is 2. The number of methoxy groups -OCH3 is 1. The van der Waals surface area contributed by atoms with Gasteiger partial charge in [-0.2, -0.15) is 0 Å². The number of nitrogen functional groups attached to an aromatic ring is 1. The number of fused-ring (bicyclic) bond motifs is 1. The van der Waals surface area contributed by atoms with Crippen molar-refractivity contribution >= 4 is 5.82 Å². The van der Waals surface area contributed by atoms with Crippen LogP contribution in [0.5, 0.6) is 17.2 Å². The van der Waals surface area contributed by atoms with Crippen molar-refractivity contribution in [1.29, 1.82) is 0 Å². The minimum absolute atomic E-state index is 0.281. The molecule has 4 rings (SSSR count). The van der Waals surface area contributed by atoms with E-state index in [1.165, 1.54) is 12.0 Å². The van der Waals surface area contributed by atoms with Crippen molar-refractivity contribution in [3.63, 3.8) is 0 Å². The third-order valence-corrected chi connectivity index (χ3v) is 4.91. The standard InChI is InChI=1S/C19H23N3O3/c1-23-16-8-18-17(24-12-25-18)7-15(16)11-22-5-4-14(10-22)6-13-2-3-19(20)21-9-13/h2-3,7-9,14H,4-6,10-12H2,1H3,(H2,20,21). The maximum absolute atomic E-state index is 5.66. The molecule has 1 aromatic heterocycles. The minimum atomic E-state index is 0.281. The second kappa shape index (κ2) is 6.80. The number of pyridine rings is 1. The molecule has 0 spiro atoms. The van der Waals surface area contributed by atoms with Gasteiger partial charge in [0.1, 0.15) is 11.6 Å². The molecule has 132 valence electrons. The van der Waals surface area contributed by atoms with Gasteiger partial charge in [-0.15, -0.1) is 0 Å². The van der Waals surface area contributed by atoms with E-state index in [0.29, 0.717) is 11.7 Å². The van der Waals surface area contributed by atoms with E-state index < -0.39 is 0 Å². The summed E-state index contributed by atoms with van der Waals surface area (Å²) in [6.07, 6.45) is 4.12. The van der Waals surface area contributed by atoms with Crippen molar-refractivity contribution in [2.75, 3.05) is 32.7 Å². The summed E-state index contributed by atoms with van der Waals surface area (Å²) in [7, 11) is 1.70. The van der Waals surface area contributed by atoms with E-state index in [9.17, 15) is 0 Å². The van der Waals surface area contributed by atoms with Gasteiger partial charge in [-0.1, -0.05) is 6.07 Å². The first kappa shape index (κ1) is 16.0. The van der Waals surface area contributed by atoms with Gasteiger partial charge in [0.15, 0.2) is 11.5 Å². The number of hydrogen-bond donors (Lipinski definition) is 1. The number of likely N-dealkylation sites (tertiary alicyclic amines) is 1. The molecule has 6 nitrogen and oxygen atoms in total. The van der Waals surface area contributed by atoms with Gasteiger partial charge in [-0.05, 0) is 43.0 Å². The zero-order chi connectivity index (χ0) is 17.2. The molecule has 1 unspecified atom stereocenters. The summed E-state index contributed by atoms with van der Waals surface area (Å²) in [4.78, 5) is 6.65. The normalized spacial score (nSPS) is 19.3. The molecule has 6 heteroatoms. The van der Waals surface area contributed by atoms with Crippen LogP contribution in [0.1, 0.15) is 17.5 Å². The SMILES string of the molecule is COc1cc2c(cc1CN1CCC(Cc3ccc(N)nc3)C1)OCO2. The number of anilines is 1. The van der Waals surface area contributed by atoms with Gasteiger partial charge in [-0.25, -0.2) is 4.98 Å². The molecule has 2 N–H and O–H groups in total. The lowest BCUT2D eigenvalue weighted by Gasteiger charge is -2.18. The van der Waals surface area contributed by atoms with Gasteiger partial charge < -0.3 is 19.9 Å². The van der Waals surface area contributed by atoms with Gasteiger partial charge in [0.25, 0.3) is 0 Å². The molecular formula is C19H23N3O3. The summed E-state index contributed by atoms with van der Waals surface area (Å²) in [6, 6.07) is 7.91. The summed E-state index contributed by atoms with van der Waals surface area (Å²) < 4.78 is 16.5. The molecule has 2 aromatic rings. The van der Waals surface area contributed by atoms with Crippen LogP contribution in [0.15, 0.2) is 30.5 Å². The van der Waals surface area contributed by atoms with E-state index in [1.807, 2.05) is 24.4 Å². The van der Waals surface area contributed by atoms with Crippen LogP contribution in [0.4, 0.5) is 5.82 Å². The monoisotopic (exact) mass is 341 g/mol. The van der Waals surface area contributed by atoms with E-state index in [1.54, 1.807) is 7.11 Å². The number of ether oxygens (including phenoxy) is 3. The zero-order valence-electron chi connectivity index (χ0n) is 14.4. The lowest BCUT2D eigenvalue weighted by atomic mass is 10.00. The molecular weight excluding hydrogens is 318 g/mol. The molecule has 0 amide bonds. The van der Waals surface area contributed by atoms with Gasteiger partial charge in [-0.3, -0.25) is 4.90 Å². The van der Waals surface area contributed by atoms with Crippen LogP contribution >= 0.6 is 0 Å². The van der Waals surface area contributed by atoms with E-state index in [0.717, 1.165) is 48.9 Å². The van der Waals surface area contributed by atoms with E-state index >= 15 is 0 Å². The fourth-order valence-electron chi connectivity index (χ4n) is 3.63. The summed E-state index contributed by atoms with van der Waals surface area (Å²) in [5.74, 6) is 3.64. The van der Waals surface area contributed by atoms with Crippen molar-refractivity contribution in [3.05, 3.63) is 41.6 Å². The molecule has 1 saturated heterocycles. The fraction of sp³-hybridized carbons (Fsp3) is 0.421. The molecule has 1 atom stereocenters. The zero-order valence-corrected chi connectivity index (χ0v) is 14.4. The Labute approximate surface area is 147 Å². The lowest BCUT2D eigenvalue weighted by Crippen LogP contribution is -2.21. The van der Waals surface area contributed by atoms with Gasteiger partial charge >= 0.3 is 0 Å². The Morgan fingerprint density at radius 3 is 2.88 bits per heavy atom. The molecule has 0 saturated carbocycles. The Morgan fingerprint density at radius 2 is 2.12 bits per heavy atom. The van der Waals surface area contributed by atoms with Gasteiger partial charge in [0, 0.05) is 30.9 Å². The highest BCUT2D eigenvalue weighted by Crippen LogP contribution is 2.39. The lowest BCUT2D eigenvalue weighted by molar-refractivity contribution is 0.174. The van der Waals surface area contributed by atoms with Crippen LogP contribution in [0.3, 0.4) is 0 Å². The highest BCUT2D eigenvalue weighted by molar-refractivity contribution is 5.51. The summed E-state index contributed by atoms with van der Waals surface area (Å²) >= 11 is 0. The Kier molecular flexibility index (Phi) is 4.36. The predicted octanol–water partition coefficient (Wildman–Crippen LogP) is 2.47. The molecule has 0 radical (unpaired) electrons. The fourth-order valence-corrected chi connectivity index (χ4v) is 3.63. The third kappa shape index (κ3) is 3.49. The number of hydrogen-bond acceptors (Lipinski definition) is 6. The molecule has 2 aliphatic heterocycles.